The Morgan fingerprint density at radius 1 is 1.28 bits per heavy atom. The topological polar surface area (TPSA) is 75.9 Å². The summed E-state index contributed by atoms with van der Waals surface area (Å²) < 4.78 is 0.659. The van der Waals surface area contributed by atoms with Gasteiger partial charge in [-0.3, -0.25) is 0 Å². The predicted octanol–water partition coefficient (Wildman–Crippen LogP) is 3.23. The smallest absolute Gasteiger partial charge is 0.159 e. The van der Waals surface area contributed by atoms with Crippen LogP contribution < -0.4 is 16.6 Å². The SMILES string of the molecule is Cc1ccc(Cl)cc1Nc1ncnc(NN)c1Br. The molecule has 18 heavy (non-hydrogen) atoms. The highest BCUT2D eigenvalue weighted by Crippen LogP contribution is 2.30. The predicted molar refractivity (Wildman–Crippen MR) is 77.0 cm³/mol. The fraction of sp³-hybridized carbons (Fsp3) is 0.0909. The molecule has 7 heteroatoms. The molecule has 0 amide bonds. The van der Waals surface area contributed by atoms with Crippen LogP contribution in [0.4, 0.5) is 17.3 Å². The van der Waals surface area contributed by atoms with Gasteiger partial charge in [0.2, 0.25) is 0 Å². The molecule has 2 rings (SSSR count). The number of nitrogen functional groups attached to an aromatic ring is 1. The number of nitrogens with two attached hydrogens (primary N) is 1. The molecular formula is C11H11BrClN5. The molecule has 0 saturated heterocycles. The van der Waals surface area contributed by atoms with Crippen molar-refractivity contribution in [3.05, 3.63) is 39.6 Å². The second-order valence-corrected chi connectivity index (χ2v) is 4.84. The van der Waals surface area contributed by atoms with Gasteiger partial charge < -0.3 is 10.7 Å². The second kappa shape index (κ2) is 5.51. The van der Waals surface area contributed by atoms with Gasteiger partial charge >= 0.3 is 0 Å². The molecule has 0 atom stereocenters. The lowest BCUT2D eigenvalue weighted by molar-refractivity contribution is 1.12. The van der Waals surface area contributed by atoms with Crippen LogP contribution in [0.2, 0.25) is 5.02 Å². The molecule has 0 fully saturated rings. The van der Waals surface area contributed by atoms with E-state index in [0.717, 1.165) is 11.3 Å². The van der Waals surface area contributed by atoms with Crippen LogP contribution in [-0.4, -0.2) is 9.97 Å². The molecule has 2 aromatic rings. The monoisotopic (exact) mass is 327 g/mol. The van der Waals surface area contributed by atoms with Crippen molar-refractivity contribution >= 4 is 44.9 Å². The van der Waals surface area contributed by atoms with E-state index in [2.05, 4.69) is 36.6 Å². The minimum absolute atomic E-state index is 0.507. The van der Waals surface area contributed by atoms with Gasteiger partial charge in [0, 0.05) is 10.7 Å². The molecule has 0 spiro atoms. The zero-order valence-corrected chi connectivity index (χ0v) is 11.9. The van der Waals surface area contributed by atoms with Gasteiger partial charge in [0.15, 0.2) is 5.82 Å². The van der Waals surface area contributed by atoms with E-state index in [-0.39, 0.29) is 0 Å². The summed E-state index contributed by atoms with van der Waals surface area (Å²) in [5, 5.41) is 3.84. The summed E-state index contributed by atoms with van der Waals surface area (Å²) >= 11 is 9.34. The number of hydrogen-bond donors (Lipinski definition) is 3. The van der Waals surface area contributed by atoms with Crippen molar-refractivity contribution in [1.82, 2.24) is 9.97 Å². The van der Waals surface area contributed by atoms with Gasteiger partial charge in [0.25, 0.3) is 0 Å². The van der Waals surface area contributed by atoms with E-state index in [1.165, 1.54) is 6.33 Å². The van der Waals surface area contributed by atoms with Crippen LogP contribution in [-0.2, 0) is 0 Å². The van der Waals surface area contributed by atoms with Gasteiger partial charge in [-0.1, -0.05) is 17.7 Å². The van der Waals surface area contributed by atoms with E-state index >= 15 is 0 Å². The lowest BCUT2D eigenvalue weighted by Gasteiger charge is -2.12. The van der Waals surface area contributed by atoms with Crippen LogP contribution in [0.5, 0.6) is 0 Å². The highest BCUT2D eigenvalue weighted by molar-refractivity contribution is 9.10. The largest absolute Gasteiger partial charge is 0.339 e. The fourth-order valence-corrected chi connectivity index (χ4v) is 2.00. The fourth-order valence-electron chi connectivity index (χ4n) is 1.41. The van der Waals surface area contributed by atoms with E-state index in [4.69, 9.17) is 17.4 Å². The molecule has 94 valence electrons. The first kappa shape index (κ1) is 13.1. The van der Waals surface area contributed by atoms with Crippen LogP contribution in [0.1, 0.15) is 5.56 Å². The first-order valence-electron chi connectivity index (χ1n) is 5.12. The van der Waals surface area contributed by atoms with E-state index in [1.54, 1.807) is 0 Å². The third-order valence-corrected chi connectivity index (χ3v) is 3.37. The van der Waals surface area contributed by atoms with Crippen molar-refractivity contribution in [3.8, 4) is 0 Å². The van der Waals surface area contributed by atoms with E-state index in [9.17, 15) is 0 Å². The van der Waals surface area contributed by atoms with Crippen LogP contribution >= 0.6 is 27.5 Å². The second-order valence-electron chi connectivity index (χ2n) is 3.61. The Kier molecular flexibility index (Phi) is 4.00. The molecule has 1 heterocycles. The van der Waals surface area contributed by atoms with Crippen LogP contribution in [0.3, 0.4) is 0 Å². The molecule has 0 radical (unpaired) electrons. The summed E-state index contributed by atoms with van der Waals surface area (Å²) in [7, 11) is 0. The Balaban J connectivity index is 2.37. The summed E-state index contributed by atoms with van der Waals surface area (Å²) in [6.07, 6.45) is 1.42. The van der Waals surface area contributed by atoms with Crippen LogP contribution in [0, 0.1) is 6.92 Å². The van der Waals surface area contributed by atoms with Crippen molar-refractivity contribution in [2.24, 2.45) is 5.84 Å². The van der Waals surface area contributed by atoms with E-state index in [0.29, 0.717) is 21.1 Å². The Morgan fingerprint density at radius 2 is 2.00 bits per heavy atom. The first-order valence-corrected chi connectivity index (χ1v) is 6.29. The van der Waals surface area contributed by atoms with Gasteiger partial charge in [0.1, 0.15) is 16.6 Å². The molecule has 4 N–H and O–H groups in total. The normalized spacial score (nSPS) is 10.2. The maximum atomic E-state index is 5.96. The minimum atomic E-state index is 0.507. The zero-order valence-electron chi connectivity index (χ0n) is 9.54. The van der Waals surface area contributed by atoms with Crippen molar-refractivity contribution in [2.45, 2.75) is 6.92 Å². The van der Waals surface area contributed by atoms with E-state index < -0.39 is 0 Å². The number of benzene rings is 1. The number of nitrogens with one attached hydrogen (secondary N) is 2. The molecule has 0 bridgehead atoms. The molecular weight excluding hydrogens is 318 g/mol. The van der Waals surface area contributed by atoms with Gasteiger partial charge in [0.05, 0.1) is 0 Å². The number of aryl methyl sites for hydroxylation is 1. The summed E-state index contributed by atoms with van der Waals surface area (Å²) in [6, 6.07) is 5.60. The average molecular weight is 329 g/mol. The quantitative estimate of drug-likeness (QED) is 0.596. The van der Waals surface area contributed by atoms with Gasteiger partial charge in [-0.05, 0) is 40.5 Å². The summed E-state index contributed by atoms with van der Waals surface area (Å²) in [5.41, 5.74) is 4.43. The highest BCUT2D eigenvalue weighted by atomic mass is 79.9. The number of hydrazine groups is 1. The van der Waals surface area contributed by atoms with Gasteiger partial charge in [-0.25, -0.2) is 15.8 Å². The Hall–Kier alpha value is -1.37. The molecule has 0 aliphatic carbocycles. The highest BCUT2D eigenvalue weighted by Gasteiger charge is 2.09. The molecule has 1 aromatic carbocycles. The summed E-state index contributed by atoms with van der Waals surface area (Å²) in [5.74, 6) is 6.47. The zero-order chi connectivity index (χ0) is 13.1. The van der Waals surface area contributed by atoms with Crippen molar-refractivity contribution in [2.75, 3.05) is 10.7 Å². The standard InChI is InChI=1S/C11H11BrClN5/c1-6-2-3-7(13)4-8(6)17-10-9(12)11(18-14)16-5-15-10/h2-5H,14H2,1H3,(H2,15,16,17,18). The van der Waals surface area contributed by atoms with Gasteiger partial charge in [-0.15, -0.1) is 0 Å². The number of halogens is 2. The number of hydrogen-bond acceptors (Lipinski definition) is 5. The number of anilines is 3. The third-order valence-electron chi connectivity index (χ3n) is 2.38. The Morgan fingerprint density at radius 3 is 2.72 bits per heavy atom. The molecule has 5 nitrogen and oxygen atoms in total. The van der Waals surface area contributed by atoms with Crippen molar-refractivity contribution in [3.63, 3.8) is 0 Å². The Bertz CT molecular complexity index is 575. The molecule has 1 aromatic heterocycles. The van der Waals surface area contributed by atoms with Crippen LogP contribution in [0.15, 0.2) is 29.0 Å². The first-order chi connectivity index (χ1) is 8.61. The molecule has 0 saturated carbocycles. The van der Waals surface area contributed by atoms with E-state index in [1.807, 2.05) is 25.1 Å². The van der Waals surface area contributed by atoms with Crippen LogP contribution in [0.25, 0.3) is 0 Å². The lowest BCUT2D eigenvalue weighted by Crippen LogP contribution is -2.10. The molecule has 0 aliphatic heterocycles. The van der Waals surface area contributed by atoms with Crippen molar-refractivity contribution in [1.29, 1.82) is 0 Å². The minimum Gasteiger partial charge on any atom is -0.339 e. The maximum absolute atomic E-state index is 5.96. The molecule has 0 unspecified atom stereocenters. The molecule has 0 aliphatic rings. The van der Waals surface area contributed by atoms with Gasteiger partial charge in [-0.2, -0.15) is 0 Å². The number of rotatable bonds is 3. The summed E-state index contributed by atoms with van der Waals surface area (Å²) in [4.78, 5) is 8.12. The maximum Gasteiger partial charge on any atom is 0.159 e. The number of nitrogens with zero attached hydrogens (tertiary/aromatic N) is 2. The van der Waals surface area contributed by atoms with Crippen molar-refractivity contribution < 1.29 is 0 Å². The number of aromatic nitrogens is 2. The third kappa shape index (κ3) is 2.72. The summed E-state index contributed by atoms with van der Waals surface area (Å²) in [6.45, 7) is 1.98. The lowest BCUT2D eigenvalue weighted by atomic mass is 10.2. The Labute approximate surface area is 118 Å². The average Bonchev–Trinajstić information content (AvgIpc) is 2.36.